The van der Waals surface area contributed by atoms with Gasteiger partial charge in [-0.15, -0.1) is 0 Å². The topological polar surface area (TPSA) is 78.9 Å². The number of carbonyl (C=O) groups excluding carboxylic acids is 3. The molecule has 0 aliphatic carbocycles. The van der Waals surface area contributed by atoms with Crippen LogP contribution in [-0.4, -0.2) is 37.2 Å². The molecule has 0 aliphatic rings. The summed E-state index contributed by atoms with van der Waals surface area (Å²) in [5.74, 6) is -0.884. The lowest BCUT2D eigenvalue weighted by Crippen LogP contribution is -2.30. The SMILES string of the molecule is CCCCC/C=C\C/C=C\CCCCCCCCCCCC(=O)OCC(COC(=O)CCCCCCC)OC(=O)CCCCCCCCCCCCC. The van der Waals surface area contributed by atoms with Gasteiger partial charge in [0.05, 0.1) is 0 Å². The molecule has 0 aliphatic heterocycles. The number of esters is 3. The summed E-state index contributed by atoms with van der Waals surface area (Å²) in [7, 11) is 0. The minimum absolute atomic E-state index is 0.0708. The molecule has 0 N–H and O–H groups in total. The number of hydrogen-bond donors (Lipinski definition) is 0. The lowest BCUT2D eigenvalue weighted by atomic mass is 10.1. The molecule has 0 saturated heterocycles. The van der Waals surface area contributed by atoms with E-state index in [-0.39, 0.29) is 31.1 Å². The van der Waals surface area contributed by atoms with Crippen molar-refractivity contribution in [1.29, 1.82) is 0 Å². The Morgan fingerprint density at radius 1 is 0.377 bits per heavy atom. The zero-order valence-corrected chi connectivity index (χ0v) is 35.3. The molecule has 0 fully saturated rings. The van der Waals surface area contributed by atoms with Crippen molar-refractivity contribution in [2.24, 2.45) is 0 Å². The van der Waals surface area contributed by atoms with E-state index in [2.05, 4.69) is 45.1 Å². The van der Waals surface area contributed by atoms with Gasteiger partial charge >= 0.3 is 17.9 Å². The molecular formula is C47H86O6. The Labute approximate surface area is 328 Å². The van der Waals surface area contributed by atoms with Gasteiger partial charge in [-0.2, -0.15) is 0 Å². The van der Waals surface area contributed by atoms with Gasteiger partial charge < -0.3 is 14.2 Å². The number of hydrogen-bond acceptors (Lipinski definition) is 6. The third-order valence-corrected chi connectivity index (χ3v) is 9.96. The first kappa shape index (κ1) is 50.9. The highest BCUT2D eigenvalue weighted by atomic mass is 16.6. The van der Waals surface area contributed by atoms with Gasteiger partial charge in [-0.3, -0.25) is 14.4 Å². The van der Waals surface area contributed by atoms with Crippen molar-refractivity contribution in [3.63, 3.8) is 0 Å². The van der Waals surface area contributed by atoms with Crippen LogP contribution in [0.2, 0.25) is 0 Å². The van der Waals surface area contributed by atoms with Crippen molar-refractivity contribution >= 4 is 17.9 Å². The number of carbonyl (C=O) groups is 3. The Morgan fingerprint density at radius 2 is 0.679 bits per heavy atom. The van der Waals surface area contributed by atoms with Crippen LogP contribution in [0.25, 0.3) is 0 Å². The molecule has 310 valence electrons. The van der Waals surface area contributed by atoms with Crippen molar-refractivity contribution in [2.45, 2.75) is 245 Å². The van der Waals surface area contributed by atoms with Crippen molar-refractivity contribution in [2.75, 3.05) is 13.2 Å². The zero-order valence-electron chi connectivity index (χ0n) is 35.3. The quantitative estimate of drug-likeness (QED) is 0.0268. The summed E-state index contributed by atoms with van der Waals surface area (Å²) in [6.07, 6.45) is 46.2. The number of rotatable bonds is 41. The van der Waals surface area contributed by atoms with Gasteiger partial charge in [0.1, 0.15) is 13.2 Å². The largest absolute Gasteiger partial charge is 0.462 e. The second-order valence-electron chi connectivity index (χ2n) is 15.3. The molecule has 0 heterocycles. The van der Waals surface area contributed by atoms with Gasteiger partial charge in [-0.05, 0) is 51.4 Å². The first-order valence-electron chi connectivity index (χ1n) is 22.8. The van der Waals surface area contributed by atoms with Crippen LogP contribution >= 0.6 is 0 Å². The van der Waals surface area contributed by atoms with Crippen molar-refractivity contribution in [1.82, 2.24) is 0 Å². The molecule has 0 spiro atoms. The third kappa shape index (κ3) is 40.9. The highest BCUT2D eigenvalue weighted by Gasteiger charge is 2.19. The Bertz CT molecular complexity index is 865. The van der Waals surface area contributed by atoms with Gasteiger partial charge in [-0.1, -0.05) is 193 Å². The van der Waals surface area contributed by atoms with Gasteiger partial charge in [-0.25, -0.2) is 0 Å². The van der Waals surface area contributed by atoms with E-state index in [0.717, 1.165) is 70.6 Å². The number of ether oxygens (including phenoxy) is 3. The van der Waals surface area contributed by atoms with Crippen LogP contribution in [0.1, 0.15) is 239 Å². The second kappa shape index (κ2) is 42.6. The van der Waals surface area contributed by atoms with Crippen molar-refractivity contribution in [3.05, 3.63) is 24.3 Å². The fourth-order valence-corrected chi connectivity index (χ4v) is 6.47. The standard InChI is InChI=1S/C47H86O6/c1-4-7-10-13-15-17-19-20-21-22-23-24-25-26-28-29-31-34-37-40-46(49)52-43-44(42-51-45(48)39-36-33-12-9-6-3)53-47(50)41-38-35-32-30-27-18-16-14-11-8-5-2/h15,17,20-21,44H,4-14,16,18-19,22-43H2,1-3H3/b17-15-,21-20-. The molecular weight excluding hydrogens is 661 g/mol. The fourth-order valence-electron chi connectivity index (χ4n) is 6.47. The zero-order chi connectivity index (χ0) is 38.7. The Balaban J connectivity index is 4.15. The van der Waals surface area contributed by atoms with Crippen LogP contribution in [0.4, 0.5) is 0 Å². The van der Waals surface area contributed by atoms with Crippen LogP contribution in [0.3, 0.4) is 0 Å². The second-order valence-corrected chi connectivity index (χ2v) is 15.3. The lowest BCUT2D eigenvalue weighted by Gasteiger charge is -2.18. The molecule has 0 aromatic heterocycles. The molecule has 0 aromatic carbocycles. The van der Waals surface area contributed by atoms with Crippen molar-refractivity contribution < 1.29 is 28.6 Å². The minimum atomic E-state index is -0.763. The monoisotopic (exact) mass is 747 g/mol. The summed E-state index contributed by atoms with van der Waals surface area (Å²) in [6, 6.07) is 0. The summed E-state index contributed by atoms with van der Waals surface area (Å²) in [4.78, 5) is 37.4. The predicted octanol–water partition coefficient (Wildman–Crippen LogP) is 14.4. The van der Waals surface area contributed by atoms with Gasteiger partial charge in [0.15, 0.2) is 6.10 Å². The third-order valence-electron chi connectivity index (χ3n) is 9.96. The molecule has 0 amide bonds. The van der Waals surface area contributed by atoms with E-state index in [1.54, 1.807) is 0 Å². The fraction of sp³-hybridized carbons (Fsp3) is 0.851. The molecule has 1 unspecified atom stereocenters. The summed E-state index contributed by atoms with van der Waals surface area (Å²) in [6.45, 7) is 6.52. The van der Waals surface area contributed by atoms with Gasteiger partial charge in [0, 0.05) is 19.3 Å². The lowest BCUT2D eigenvalue weighted by molar-refractivity contribution is -0.167. The molecule has 0 radical (unpaired) electrons. The predicted molar refractivity (Wildman–Crippen MR) is 224 cm³/mol. The summed E-state index contributed by atoms with van der Waals surface area (Å²) >= 11 is 0. The van der Waals surface area contributed by atoms with Crippen molar-refractivity contribution in [3.8, 4) is 0 Å². The maximum Gasteiger partial charge on any atom is 0.306 e. The van der Waals surface area contributed by atoms with Gasteiger partial charge in [0.25, 0.3) is 0 Å². The van der Waals surface area contributed by atoms with Crippen LogP contribution in [0.15, 0.2) is 24.3 Å². The first-order chi connectivity index (χ1) is 26.0. The van der Waals surface area contributed by atoms with E-state index in [4.69, 9.17) is 14.2 Å². The van der Waals surface area contributed by atoms with E-state index >= 15 is 0 Å². The maximum absolute atomic E-state index is 12.6. The minimum Gasteiger partial charge on any atom is -0.462 e. The smallest absolute Gasteiger partial charge is 0.306 e. The van der Waals surface area contributed by atoms with E-state index in [9.17, 15) is 14.4 Å². The normalized spacial score (nSPS) is 12.1. The molecule has 0 saturated carbocycles. The molecule has 6 nitrogen and oxygen atoms in total. The average Bonchev–Trinajstić information content (AvgIpc) is 3.15. The summed E-state index contributed by atoms with van der Waals surface area (Å²) in [5, 5.41) is 0. The number of unbranched alkanes of at least 4 members (excludes halogenated alkanes) is 26. The van der Waals surface area contributed by atoms with Crippen LogP contribution in [-0.2, 0) is 28.6 Å². The summed E-state index contributed by atoms with van der Waals surface area (Å²) in [5.41, 5.74) is 0. The molecule has 0 aromatic rings. The molecule has 1 atom stereocenters. The Hall–Kier alpha value is -2.11. The molecule has 0 rings (SSSR count). The molecule has 6 heteroatoms. The van der Waals surface area contributed by atoms with Crippen LogP contribution < -0.4 is 0 Å². The highest BCUT2D eigenvalue weighted by molar-refractivity contribution is 5.71. The van der Waals surface area contributed by atoms with E-state index in [1.807, 2.05) is 0 Å². The van der Waals surface area contributed by atoms with E-state index in [0.29, 0.717) is 19.3 Å². The summed E-state index contributed by atoms with van der Waals surface area (Å²) < 4.78 is 16.6. The van der Waals surface area contributed by atoms with Gasteiger partial charge in [0.2, 0.25) is 0 Å². The average molecular weight is 747 g/mol. The highest BCUT2D eigenvalue weighted by Crippen LogP contribution is 2.15. The molecule has 0 bridgehead atoms. The molecule has 53 heavy (non-hydrogen) atoms. The first-order valence-corrected chi connectivity index (χ1v) is 22.8. The van der Waals surface area contributed by atoms with Crippen LogP contribution in [0, 0.1) is 0 Å². The number of allylic oxidation sites excluding steroid dienone is 4. The Morgan fingerprint density at radius 3 is 1.08 bits per heavy atom. The van der Waals surface area contributed by atoms with E-state index in [1.165, 1.54) is 128 Å². The Kier molecular flexibility index (Phi) is 40.9. The maximum atomic E-state index is 12.6. The van der Waals surface area contributed by atoms with Crippen LogP contribution in [0.5, 0.6) is 0 Å². The van der Waals surface area contributed by atoms with E-state index < -0.39 is 6.10 Å².